The van der Waals surface area contributed by atoms with Crippen LogP contribution < -0.4 is 0 Å². The molecule has 156 valence electrons. The molecule has 1 saturated heterocycles. The average molecular weight is 440 g/mol. The highest BCUT2D eigenvalue weighted by atomic mass is 32.1. The van der Waals surface area contributed by atoms with Crippen molar-refractivity contribution in [2.75, 3.05) is 13.1 Å². The molecule has 2 atom stereocenters. The van der Waals surface area contributed by atoms with Crippen molar-refractivity contribution in [2.24, 2.45) is 13.0 Å². The zero-order chi connectivity index (χ0) is 20.7. The molecule has 1 amide bonds. The van der Waals surface area contributed by atoms with Crippen LogP contribution in [-0.4, -0.2) is 43.6 Å². The first-order chi connectivity index (χ1) is 14.6. The van der Waals surface area contributed by atoms with Gasteiger partial charge in [0, 0.05) is 32.0 Å². The number of nitrogens with zero attached hydrogens (tertiary/aromatic N) is 4. The molecule has 1 fully saturated rings. The van der Waals surface area contributed by atoms with Gasteiger partial charge in [0.15, 0.2) is 4.77 Å². The number of carbonyl (C=O) groups is 1. The van der Waals surface area contributed by atoms with Gasteiger partial charge in [0.05, 0.1) is 21.1 Å². The molecule has 0 saturated carbocycles. The number of aromatic nitrogens is 4. The molecule has 2 aliphatic rings. The van der Waals surface area contributed by atoms with E-state index in [1.165, 1.54) is 4.70 Å². The number of likely N-dealkylation sites (tertiary alicyclic amines) is 1. The minimum absolute atomic E-state index is 0.0205. The van der Waals surface area contributed by atoms with Crippen molar-refractivity contribution in [3.63, 3.8) is 0 Å². The van der Waals surface area contributed by atoms with Crippen molar-refractivity contribution in [1.29, 1.82) is 0 Å². The molecular weight excluding hydrogens is 414 g/mol. The number of para-hydroxylation sites is 1. The van der Waals surface area contributed by atoms with Crippen LogP contribution in [0, 0.1) is 10.7 Å². The van der Waals surface area contributed by atoms with Gasteiger partial charge in [-0.15, -0.1) is 11.3 Å². The van der Waals surface area contributed by atoms with Crippen LogP contribution in [0.1, 0.15) is 48.4 Å². The third-order valence-electron chi connectivity index (χ3n) is 6.46. The number of amides is 1. The SMILES string of the molecule is Cn1c(C2CCN(C(=O)C3CC=CCC3c3nc4ccccc4s3)CC2)n[nH]c1=S. The molecule has 2 aromatic heterocycles. The maximum atomic E-state index is 13.5. The Morgan fingerprint density at radius 1 is 1.20 bits per heavy atom. The molecular formula is C22H25N5OS2. The molecule has 0 bridgehead atoms. The smallest absolute Gasteiger partial charge is 0.226 e. The van der Waals surface area contributed by atoms with Crippen LogP contribution in [0.2, 0.25) is 0 Å². The van der Waals surface area contributed by atoms with Gasteiger partial charge in [-0.25, -0.2) is 4.98 Å². The summed E-state index contributed by atoms with van der Waals surface area (Å²) in [5, 5.41) is 8.37. The van der Waals surface area contributed by atoms with Gasteiger partial charge in [0.1, 0.15) is 5.82 Å². The summed E-state index contributed by atoms with van der Waals surface area (Å²) in [4.78, 5) is 20.4. The lowest BCUT2D eigenvalue weighted by atomic mass is 9.81. The highest BCUT2D eigenvalue weighted by molar-refractivity contribution is 7.71. The number of thiazole rings is 1. The lowest BCUT2D eigenvalue weighted by molar-refractivity contribution is -0.137. The molecule has 1 aromatic carbocycles. The van der Waals surface area contributed by atoms with Gasteiger partial charge < -0.3 is 9.47 Å². The third kappa shape index (κ3) is 3.52. The Morgan fingerprint density at radius 3 is 2.70 bits per heavy atom. The van der Waals surface area contributed by atoms with Gasteiger partial charge in [-0.2, -0.15) is 5.10 Å². The van der Waals surface area contributed by atoms with E-state index in [2.05, 4.69) is 39.4 Å². The summed E-state index contributed by atoms with van der Waals surface area (Å²) < 4.78 is 3.80. The Balaban J connectivity index is 1.31. The lowest BCUT2D eigenvalue weighted by Gasteiger charge is -2.36. The molecule has 30 heavy (non-hydrogen) atoms. The fraction of sp³-hybridized carbons (Fsp3) is 0.455. The second-order valence-electron chi connectivity index (χ2n) is 8.22. The van der Waals surface area contributed by atoms with Gasteiger partial charge in [-0.3, -0.25) is 9.89 Å². The monoisotopic (exact) mass is 439 g/mol. The first-order valence-corrected chi connectivity index (χ1v) is 11.7. The van der Waals surface area contributed by atoms with E-state index < -0.39 is 0 Å². The van der Waals surface area contributed by atoms with E-state index >= 15 is 0 Å². The van der Waals surface area contributed by atoms with Gasteiger partial charge in [0.25, 0.3) is 0 Å². The van der Waals surface area contributed by atoms with Crippen LogP contribution in [0.4, 0.5) is 0 Å². The number of hydrogen-bond donors (Lipinski definition) is 1. The number of aromatic amines is 1. The molecule has 1 N–H and O–H groups in total. The summed E-state index contributed by atoms with van der Waals surface area (Å²) >= 11 is 6.98. The number of hydrogen-bond acceptors (Lipinski definition) is 5. The van der Waals surface area contributed by atoms with E-state index in [1.54, 1.807) is 11.3 Å². The number of piperidine rings is 1. The first-order valence-electron chi connectivity index (χ1n) is 10.5. The predicted molar refractivity (Wildman–Crippen MR) is 121 cm³/mol. The standard InChI is InChI=1S/C22H25N5OS2/c1-26-19(24-25-22(26)29)14-10-12-27(13-11-14)21(28)16-7-3-2-6-15(16)20-23-17-8-4-5-9-18(17)30-20/h2-5,8-9,14-16H,6-7,10-13H2,1H3,(H,25,29). The molecule has 2 unspecified atom stereocenters. The Bertz CT molecular complexity index is 1120. The van der Waals surface area contributed by atoms with Crippen molar-refractivity contribution in [3.05, 3.63) is 52.0 Å². The van der Waals surface area contributed by atoms with Crippen molar-refractivity contribution >= 4 is 39.7 Å². The minimum Gasteiger partial charge on any atom is -0.342 e. The number of carbonyl (C=O) groups excluding carboxylic acids is 1. The highest BCUT2D eigenvalue weighted by Gasteiger charge is 2.36. The number of fused-ring (bicyclic) bond motifs is 1. The summed E-state index contributed by atoms with van der Waals surface area (Å²) in [5.41, 5.74) is 1.03. The predicted octanol–water partition coefficient (Wildman–Crippen LogP) is 4.54. The van der Waals surface area contributed by atoms with Crippen LogP contribution in [0.3, 0.4) is 0 Å². The number of rotatable bonds is 3. The zero-order valence-corrected chi connectivity index (χ0v) is 18.6. The van der Waals surface area contributed by atoms with Gasteiger partial charge >= 0.3 is 0 Å². The summed E-state index contributed by atoms with van der Waals surface area (Å²) in [5.74, 6) is 1.77. The maximum absolute atomic E-state index is 13.5. The molecule has 6 nitrogen and oxygen atoms in total. The Labute approximate surface area is 184 Å². The normalized spacial score (nSPS) is 22.6. The van der Waals surface area contributed by atoms with Gasteiger partial charge in [-0.05, 0) is 50.0 Å². The number of allylic oxidation sites excluding steroid dienone is 2. The molecule has 3 heterocycles. The van der Waals surface area contributed by atoms with Crippen LogP contribution in [0.15, 0.2) is 36.4 Å². The molecule has 5 rings (SSSR count). The Morgan fingerprint density at radius 2 is 1.97 bits per heavy atom. The van der Waals surface area contributed by atoms with Crippen LogP contribution in [0.25, 0.3) is 10.2 Å². The fourth-order valence-electron chi connectivity index (χ4n) is 4.73. The summed E-state index contributed by atoms with van der Waals surface area (Å²) in [7, 11) is 1.95. The van der Waals surface area contributed by atoms with E-state index in [1.807, 2.05) is 23.7 Å². The van der Waals surface area contributed by atoms with E-state index in [4.69, 9.17) is 17.2 Å². The molecule has 0 spiro atoms. The van der Waals surface area contributed by atoms with Crippen LogP contribution >= 0.6 is 23.6 Å². The maximum Gasteiger partial charge on any atom is 0.226 e. The second kappa shape index (κ2) is 8.07. The van der Waals surface area contributed by atoms with Crippen molar-refractivity contribution in [2.45, 2.75) is 37.5 Å². The van der Waals surface area contributed by atoms with Gasteiger partial charge in [0.2, 0.25) is 5.91 Å². The topological polar surface area (TPSA) is 66.8 Å². The van der Waals surface area contributed by atoms with Crippen molar-refractivity contribution in [1.82, 2.24) is 24.6 Å². The Kier molecular flexibility index (Phi) is 5.28. The summed E-state index contributed by atoms with van der Waals surface area (Å²) in [6.45, 7) is 1.55. The quantitative estimate of drug-likeness (QED) is 0.480. The number of benzene rings is 1. The highest BCUT2D eigenvalue weighted by Crippen LogP contribution is 2.40. The molecule has 8 heteroatoms. The largest absolute Gasteiger partial charge is 0.342 e. The first kappa shape index (κ1) is 19.6. The molecule has 1 aliphatic heterocycles. The summed E-state index contributed by atoms with van der Waals surface area (Å²) in [6.07, 6.45) is 7.90. The van der Waals surface area contributed by atoms with Crippen LogP contribution in [-0.2, 0) is 11.8 Å². The lowest BCUT2D eigenvalue weighted by Crippen LogP contribution is -2.43. The fourth-order valence-corrected chi connectivity index (χ4v) is 6.01. The Hall–Kier alpha value is -2.32. The van der Waals surface area contributed by atoms with E-state index in [-0.39, 0.29) is 17.7 Å². The third-order valence-corrected chi connectivity index (χ3v) is 8.00. The van der Waals surface area contributed by atoms with Crippen LogP contribution in [0.5, 0.6) is 0 Å². The summed E-state index contributed by atoms with van der Waals surface area (Å²) in [6, 6.07) is 8.23. The molecule has 0 radical (unpaired) electrons. The van der Waals surface area contributed by atoms with Crippen molar-refractivity contribution in [3.8, 4) is 0 Å². The minimum atomic E-state index is -0.0205. The van der Waals surface area contributed by atoms with E-state index in [0.717, 1.165) is 55.1 Å². The van der Waals surface area contributed by atoms with E-state index in [0.29, 0.717) is 10.7 Å². The van der Waals surface area contributed by atoms with Crippen molar-refractivity contribution < 1.29 is 4.79 Å². The zero-order valence-electron chi connectivity index (χ0n) is 17.0. The van der Waals surface area contributed by atoms with E-state index in [9.17, 15) is 4.79 Å². The number of H-pyrrole nitrogens is 1. The second-order valence-corrected chi connectivity index (χ2v) is 9.67. The molecule has 3 aromatic rings. The average Bonchev–Trinajstić information content (AvgIpc) is 3.37. The molecule has 1 aliphatic carbocycles. The van der Waals surface area contributed by atoms with Gasteiger partial charge in [-0.1, -0.05) is 24.3 Å². The number of nitrogens with one attached hydrogen (secondary N) is 1.